The van der Waals surface area contributed by atoms with E-state index in [1.54, 1.807) is 88.0 Å². The van der Waals surface area contributed by atoms with Crippen LogP contribution in [0.2, 0.25) is 0 Å². The maximum Gasteiger partial charge on any atom is 0.212 e. The van der Waals surface area contributed by atoms with Crippen molar-refractivity contribution in [1.82, 2.24) is 34.5 Å². The lowest BCUT2D eigenvalue weighted by Crippen LogP contribution is -2.36. The van der Waals surface area contributed by atoms with Crippen molar-refractivity contribution in [1.29, 1.82) is 10.5 Å². The molecule has 2 aliphatic rings. The molecule has 8 heterocycles. The number of aromatic nitrogens is 6. The van der Waals surface area contributed by atoms with Crippen LogP contribution in [-0.2, 0) is 19.5 Å². The van der Waals surface area contributed by atoms with Gasteiger partial charge in [0.25, 0.3) is 0 Å². The van der Waals surface area contributed by atoms with Crippen LogP contribution < -0.4 is 19.7 Å². The van der Waals surface area contributed by atoms with Gasteiger partial charge in [0.15, 0.2) is 0 Å². The van der Waals surface area contributed by atoms with Gasteiger partial charge in [0.1, 0.15) is 42.7 Å². The summed E-state index contributed by atoms with van der Waals surface area (Å²) in [5.41, 5.74) is 3.03. The molecule has 368 valence electrons. The van der Waals surface area contributed by atoms with Gasteiger partial charge >= 0.3 is 0 Å². The highest BCUT2D eigenvalue weighted by Gasteiger charge is 2.22. The molecule has 8 rings (SSSR count). The summed E-state index contributed by atoms with van der Waals surface area (Å²) in [6.07, 6.45) is 20.0. The molecule has 69 heavy (non-hydrogen) atoms. The van der Waals surface area contributed by atoms with Gasteiger partial charge in [-0.2, -0.15) is 25.1 Å². The van der Waals surface area contributed by atoms with E-state index in [2.05, 4.69) is 51.2 Å². The molecule has 6 aromatic rings. The molecule has 0 aliphatic carbocycles. The Morgan fingerprint density at radius 3 is 1.57 bits per heavy atom. The van der Waals surface area contributed by atoms with Crippen LogP contribution in [0.15, 0.2) is 82.3 Å². The summed E-state index contributed by atoms with van der Waals surface area (Å²) in [5.74, 6) is 1.29. The number of anilines is 1. The monoisotopic (exact) mass is 984 g/mol. The summed E-state index contributed by atoms with van der Waals surface area (Å²) in [6.45, 7) is 10.5. The number of hydrogen-bond acceptors (Lipinski definition) is 16. The van der Waals surface area contributed by atoms with Gasteiger partial charge in [-0.3, -0.25) is 8.42 Å². The number of nitrogens with zero attached hydrogens (tertiary/aromatic N) is 11. The van der Waals surface area contributed by atoms with E-state index in [1.807, 2.05) is 18.2 Å². The lowest BCUT2D eigenvalue weighted by Gasteiger charge is -2.31. The van der Waals surface area contributed by atoms with Crippen LogP contribution in [0.4, 0.5) is 10.2 Å². The molecule has 2 fully saturated rings. The van der Waals surface area contributed by atoms with Crippen LogP contribution in [0.3, 0.4) is 0 Å². The van der Waals surface area contributed by atoms with Crippen molar-refractivity contribution in [2.45, 2.75) is 76.7 Å². The number of piperidine rings is 2. The Balaban J connectivity index is 0.000000193. The van der Waals surface area contributed by atoms with Crippen LogP contribution in [0.25, 0.3) is 33.3 Å². The first kappa shape index (κ1) is 52.1. The van der Waals surface area contributed by atoms with E-state index in [0.29, 0.717) is 50.8 Å². The number of nitrogens with one attached hydrogen (secondary N) is 1. The fourth-order valence-electron chi connectivity index (χ4n) is 7.57. The summed E-state index contributed by atoms with van der Waals surface area (Å²) in [5, 5.41) is 50.4. The third-order valence-corrected chi connectivity index (χ3v) is 12.2. The highest BCUT2D eigenvalue weighted by Crippen LogP contribution is 2.33. The summed E-state index contributed by atoms with van der Waals surface area (Å²) in [6, 6.07) is 15.1. The number of aliphatic hydroxyl groups is 2. The predicted molar refractivity (Wildman–Crippen MR) is 266 cm³/mol. The molecular formula is C48H61FN12O6S2. The molecule has 0 spiro atoms. The maximum atomic E-state index is 13.1. The Morgan fingerprint density at radius 1 is 0.725 bits per heavy atom. The topological polar surface area (TPSA) is 241 Å². The first-order chi connectivity index (χ1) is 32.5. The van der Waals surface area contributed by atoms with Gasteiger partial charge in [-0.15, -0.1) is 0 Å². The van der Waals surface area contributed by atoms with Crippen molar-refractivity contribution < 1.29 is 32.5 Å². The first-order valence-corrected chi connectivity index (χ1v) is 27.0. The largest absolute Gasteiger partial charge is 0.489 e. The van der Waals surface area contributed by atoms with Gasteiger partial charge in [-0.1, -0.05) is 0 Å². The molecule has 18 nitrogen and oxygen atoms in total. The Morgan fingerprint density at radius 2 is 1.17 bits per heavy atom. The van der Waals surface area contributed by atoms with Crippen LogP contribution in [0.1, 0.15) is 64.5 Å². The Labute approximate surface area is 403 Å². The lowest BCUT2D eigenvalue weighted by molar-refractivity contribution is 0.0280. The van der Waals surface area contributed by atoms with Crippen LogP contribution in [0.5, 0.6) is 11.5 Å². The SMILES string of the molecule is CC(C)(O)COc1cc(-c2ccc(F)nc2)c2c(C#N)cnn2c1.CC(C)(O)COc1cc(-c2ccc(N3CCC(N=S(C)(C)=O)CC3)nc2)c2c(C#N)cnn2c1.CS(C)(=O)=NC1CCNCC1. The average molecular weight is 985 g/mol. The Hall–Kier alpha value is -6.23. The number of ether oxygens (including phenoxy) is 2. The molecule has 0 saturated carbocycles. The fraction of sp³-hybridized carbons (Fsp3) is 0.458. The van der Waals surface area contributed by atoms with E-state index in [-0.39, 0.29) is 19.3 Å². The minimum Gasteiger partial charge on any atom is -0.489 e. The molecule has 0 unspecified atom stereocenters. The molecular weight excluding hydrogens is 924 g/mol. The second kappa shape index (κ2) is 22.0. The molecule has 2 saturated heterocycles. The minimum atomic E-state index is -2.09. The molecule has 3 N–H and O–H groups in total. The molecule has 0 amide bonds. The smallest absolute Gasteiger partial charge is 0.212 e. The summed E-state index contributed by atoms with van der Waals surface area (Å²) >= 11 is 0. The third-order valence-electron chi connectivity index (χ3n) is 10.6. The lowest BCUT2D eigenvalue weighted by atomic mass is 10.0. The molecule has 0 bridgehead atoms. The van der Waals surface area contributed by atoms with Crippen molar-refractivity contribution in [3.05, 3.63) is 90.7 Å². The number of rotatable bonds is 11. The quantitative estimate of drug-likeness (QED) is 0.124. The minimum absolute atomic E-state index is 0.0893. The second-order valence-electron chi connectivity index (χ2n) is 18.9. The van der Waals surface area contributed by atoms with Crippen molar-refractivity contribution in [3.8, 4) is 45.9 Å². The van der Waals surface area contributed by atoms with Crippen LogP contribution in [0, 0.1) is 28.6 Å². The van der Waals surface area contributed by atoms with Gasteiger partial charge in [0.05, 0.1) is 70.2 Å². The standard InChI is InChI=1S/C24H30N6O3S.C17H15FN4O2.C7H16N2OS/c1-24(2,31)16-33-20-11-21(23-18(12-25)14-27-30(23)15-20)17-5-6-22(26-13-17)29-9-7-19(8-10-29)28-34(3,4)32;1-17(2,23)10-24-13-5-14(11-3-4-15(18)20-7-11)16-12(6-19)8-21-22(16)9-13;1-11(2,10)9-7-3-5-8-6-4-7/h5-6,11,13-15,19,31H,7-10,16H2,1-4H3;3-5,7-9,23H,10H2,1-2H3;7-8H,3-6H2,1-2H3. The number of pyridine rings is 4. The second-order valence-corrected chi connectivity index (χ2v) is 24.0. The average Bonchev–Trinajstić information content (AvgIpc) is 3.91. The van der Waals surface area contributed by atoms with E-state index in [4.69, 9.17) is 9.47 Å². The van der Waals surface area contributed by atoms with Crippen LogP contribution >= 0.6 is 0 Å². The highest BCUT2D eigenvalue weighted by molar-refractivity contribution is 7.92. The molecule has 2 aliphatic heterocycles. The van der Waals surface area contributed by atoms with E-state index in [9.17, 15) is 33.5 Å². The number of hydrogen-bond donors (Lipinski definition) is 3. The van der Waals surface area contributed by atoms with Gasteiger partial charge in [-0.25, -0.2) is 27.7 Å². The third kappa shape index (κ3) is 15.4. The van der Waals surface area contributed by atoms with Crippen LogP contribution in [-0.4, -0.2) is 136 Å². The highest BCUT2D eigenvalue weighted by atomic mass is 32.2. The fourth-order valence-corrected chi connectivity index (χ4v) is 9.43. The number of nitriles is 2. The summed E-state index contributed by atoms with van der Waals surface area (Å²) in [7, 11) is -3.97. The summed E-state index contributed by atoms with van der Waals surface area (Å²) in [4.78, 5) is 10.6. The Bertz CT molecular complexity index is 3050. The number of fused-ring (bicyclic) bond motifs is 2. The van der Waals surface area contributed by atoms with Crippen molar-refractivity contribution in [3.63, 3.8) is 0 Å². The van der Waals surface area contributed by atoms with Gasteiger partial charge in [0, 0.05) is 92.2 Å². The maximum absolute atomic E-state index is 13.1. The predicted octanol–water partition coefficient (Wildman–Crippen LogP) is 6.14. The normalized spacial score (nSPS) is 15.0. The van der Waals surface area contributed by atoms with E-state index in [0.717, 1.165) is 68.8 Å². The zero-order chi connectivity index (χ0) is 50.1. The summed E-state index contributed by atoms with van der Waals surface area (Å²) < 4.78 is 59.6. The first-order valence-electron chi connectivity index (χ1n) is 22.4. The van der Waals surface area contributed by atoms with Gasteiger partial charge in [-0.05, 0) is 103 Å². The van der Waals surface area contributed by atoms with E-state index in [1.165, 1.54) is 29.2 Å². The Kier molecular flexibility index (Phi) is 16.6. The van der Waals surface area contributed by atoms with E-state index >= 15 is 0 Å². The number of halogens is 1. The van der Waals surface area contributed by atoms with E-state index < -0.39 is 36.6 Å². The van der Waals surface area contributed by atoms with Crippen molar-refractivity contribution >= 4 is 36.3 Å². The van der Waals surface area contributed by atoms with Gasteiger partial charge in [0.2, 0.25) is 5.95 Å². The zero-order valence-corrected chi connectivity index (χ0v) is 41.9. The van der Waals surface area contributed by atoms with Crippen molar-refractivity contribution in [2.24, 2.45) is 8.73 Å². The van der Waals surface area contributed by atoms with Gasteiger partial charge < -0.3 is 29.9 Å². The molecule has 6 aromatic heterocycles. The molecule has 0 atom stereocenters. The zero-order valence-electron chi connectivity index (χ0n) is 40.3. The molecule has 21 heteroatoms. The van der Waals surface area contributed by atoms with Crippen molar-refractivity contribution in [2.75, 3.05) is 69.3 Å². The molecule has 0 aromatic carbocycles. The molecule has 0 radical (unpaired) electrons.